The Morgan fingerprint density at radius 3 is 2.14 bits per heavy atom. The smallest absolute Gasteiger partial charge is 0.411 e. The minimum Gasteiger partial charge on any atom is -0.458 e. The lowest BCUT2D eigenvalue weighted by Crippen LogP contribution is -2.51. The molecule has 2 N–H and O–H groups in total. The predicted molar refractivity (Wildman–Crippen MR) is 129 cm³/mol. The van der Waals surface area contributed by atoms with Gasteiger partial charge in [0.2, 0.25) is 12.3 Å². The van der Waals surface area contributed by atoms with Crippen LogP contribution < -0.4 is 5.32 Å². The van der Waals surface area contributed by atoms with Crippen LogP contribution in [0.1, 0.15) is 74.7 Å². The van der Waals surface area contributed by atoms with Gasteiger partial charge in [0.15, 0.2) is 0 Å². The molecule has 0 aromatic rings. The van der Waals surface area contributed by atoms with Crippen LogP contribution in [0.2, 0.25) is 0 Å². The first-order chi connectivity index (χ1) is 16.0. The van der Waals surface area contributed by atoms with Crippen molar-refractivity contribution in [1.82, 2.24) is 10.2 Å². The Labute approximate surface area is 209 Å². The van der Waals surface area contributed by atoms with E-state index in [1.165, 1.54) is 18.9 Å². The molecule has 0 aromatic carbocycles. The van der Waals surface area contributed by atoms with Gasteiger partial charge in [-0.05, 0) is 60.8 Å². The number of carbonyl (C=O) groups is 3. The number of methoxy groups -OCH3 is 1. The zero-order chi connectivity index (χ0) is 27.1. The fourth-order valence-corrected chi connectivity index (χ4v) is 3.95. The van der Waals surface area contributed by atoms with Crippen molar-refractivity contribution < 1.29 is 38.4 Å². The molecule has 0 saturated carbocycles. The normalized spacial score (nSPS) is 23.1. The number of likely N-dealkylation sites (tertiary alicyclic amines) is 1. The summed E-state index contributed by atoms with van der Waals surface area (Å²) in [6, 6.07) is -1.71. The highest BCUT2D eigenvalue weighted by molar-refractivity contribution is 5.83. The maximum atomic E-state index is 13.3. The van der Waals surface area contributed by atoms with Gasteiger partial charge in [0.1, 0.15) is 23.3 Å². The first-order valence-corrected chi connectivity index (χ1v) is 11.9. The summed E-state index contributed by atoms with van der Waals surface area (Å²) in [6.45, 7) is 13.6. The molecule has 200 valence electrons. The van der Waals surface area contributed by atoms with E-state index in [4.69, 9.17) is 25.4 Å². The summed E-state index contributed by atoms with van der Waals surface area (Å²) in [6.07, 6.45) is 2.88. The Morgan fingerprint density at radius 1 is 1.14 bits per heavy atom. The molecular weight excluding hydrogens is 456 g/mol. The number of aliphatic hydroxyl groups is 1. The van der Waals surface area contributed by atoms with Crippen molar-refractivity contribution in [3.63, 3.8) is 0 Å². The summed E-state index contributed by atoms with van der Waals surface area (Å²) >= 11 is 0. The molecule has 2 unspecified atom stereocenters. The maximum absolute atomic E-state index is 13.3. The van der Waals surface area contributed by atoms with Crippen molar-refractivity contribution in [2.75, 3.05) is 7.11 Å². The molecule has 1 aliphatic rings. The van der Waals surface area contributed by atoms with Gasteiger partial charge in [-0.2, -0.15) is 0 Å². The lowest BCUT2D eigenvalue weighted by atomic mass is 9.89. The summed E-state index contributed by atoms with van der Waals surface area (Å²) < 4.78 is 22.3. The minimum atomic E-state index is -1.22. The molecule has 10 heteroatoms. The zero-order valence-electron chi connectivity index (χ0n) is 22.4. The first-order valence-electron chi connectivity index (χ1n) is 11.9. The van der Waals surface area contributed by atoms with E-state index in [0.717, 1.165) is 0 Å². The Kier molecular flexibility index (Phi) is 11.0. The molecule has 0 radical (unpaired) electrons. The molecule has 0 bridgehead atoms. The monoisotopic (exact) mass is 498 g/mol. The number of ether oxygens (including phenoxy) is 4. The number of aliphatic hydroxyl groups excluding tert-OH is 1. The van der Waals surface area contributed by atoms with Crippen molar-refractivity contribution in [1.29, 1.82) is 0 Å². The van der Waals surface area contributed by atoms with Crippen molar-refractivity contribution in [3.8, 4) is 12.3 Å². The second kappa shape index (κ2) is 12.6. The van der Waals surface area contributed by atoms with Gasteiger partial charge >= 0.3 is 12.1 Å². The van der Waals surface area contributed by atoms with Crippen molar-refractivity contribution in [3.05, 3.63) is 0 Å². The van der Waals surface area contributed by atoms with Crippen LogP contribution in [0, 0.1) is 18.3 Å². The average molecular weight is 499 g/mol. The van der Waals surface area contributed by atoms with E-state index in [9.17, 15) is 19.5 Å². The number of amides is 2. The largest absolute Gasteiger partial charge is 0.458 e. The van der Waals surface area contributed by atoms with Crippen LogP contribution in [-0.4, -0.2) is 77.0 Å². The summed E-state index contributed by atoms with van der Waals surface area (Å²) in [5.74, 6) is 0.741. The predicted octanol–water partition coefficient (Wildman–Crippen LogP) is 2.57. The average Bonchev–Trinajstić information content (AvgIpc) is 3.08. The molecule has 1 aliphatic heterocycles. The number of nitrogens with one attached hydrogen (secondary N) is 1. The molecule has 0 aromatic heterocycles. The highest BCUT2D eigenvalue weighted by Crippen LogP contribution is 2.38. The number of esters is 1. The van der Waals surface area contributed by atoms with E-state index in [-0.39, 0.29) is 18.7 Å². The van der Waals surface area contributed by atoms with Gasteiger partial charge in [0, 0.05) is 26.0 Å². The van der Waals surface area contributed by atoms with Gasteiger partial charge in [-0.15, -0.1) is 6.42 Å². The van der Waals surface area contributed by atoms with Crippen molar-refractivity contribution in [2.24, 2.45) is 5.92 Å². The van der Waals surface area contributed by atoms with Gasteiger partial charge in [-0.1, -0.05) is 12.8 Å². The van der Waals surface area contributed by atoms with E-state index in [0.29, 0.717) is 6.42 Å². The Hall–Kier alpha value is -2.35. The van der Waals surface area contributed by atoms with Gasteiger partial charge in [-0.3, -0.25) is 9.69 Å². The van der Waals surface area contributed by atoms with Gasteiger partial charge in [0.25, 0.3) is 0 Å². The number of hydrogen-bond acceptors (Lipinski definition) is 8. The fraction of sp³-hybridized carbons (Fsp3) is 0.800. The lowest BCUT2D eigenvalue weighted by molar-refractivity contribution is -0.182. The molecule has 0 aliphatic carbocycles. The van der Waals surface area contributed by atoms with Crippen LogP contribution in [0.25, 0.3) is 0 Å². The minimum absolute atomic E-state index is 0.0972. The molecule has 1 heterocycles. The highest BCUT2D eigenvalue weighted by atomic mass is 16.7. The number of hydrogen-bond donors (Lipinski definition) is 2. The standard InChI is InChI=1S/C25H42N2O8/c1-11-16(33-22(32-10)26-15(3)28)13-18-17(20(29)12-2)14-19(21(30)34-24(4,5)6)27(18)23(31)35-25(7,8)9/h2,16-20,22,29H,11,13-14H2,1,3-10H3,(H,26,28)/t16-,17+,18+,19?,20-,22?/m0/s1. The van der Waals surface area contributed by atoms with Crippen LogP contribution in [0.4, 0.5) is 4.79 Å². The molecule has 1 saturated heterocycles. The maximum Gasteiger partial charge on any atom is 0.411 e. The molecule has 0 spiro atoms. The molecular formula is C25H42N2O8. The van der Waals surface area contributed by atoms with Crippen molar-refractivity contribution in [2.45, 2.75) is 117 Å². The van der Waals surface area contributed by atoms with Crippen LogP contribution in [0.3, 0.4) is 0 Å². The molecule has 2 amide bonds. The lowest BCUT2D eigenvalue weighted by Gasteiger charge is -2.36. The molecule has 6 atom stereocenters. The summed E-state index contributed by atoms with van der Waals surface area (Å²) in [4.78, 5) is 39.3. The van der Waals surface area contributed by atoms with E-state index in [1.54, 1.807) is 41.5 Å². The van der Waals surface area contributed by atoms with Crippen LogP contribution in [0.15, 0.2) is 0 Å². The second-order valence-electron chi connectivity index (χ2n) is 10.7. The Morgan fingerprint density at radius 2 is 1.71 bits per heavy atom. The summed E-state index contributed by atoms with van der Waals surface area (Å²) in [5.41, 5.74) is -1.61. The Balaban J connectivity index is 3.39. The quantitative estimate of drug-likeness (QED) is 0.282. The second-order valence-corrected chi connectivity index (χ2v) is 10.7. The number of terminal acetylenes is 1. The van der Waals surface area contributed by atoms with Crippen LogP contribution in [-0.2, 0) is 28.5 Å². The van der Waals surface area contributed by atoms with Crippen LogP contribution in [0.5, 0.6) is 0 Å². The molecule has 35 heavy (non-hydrogen) atoms. The first kappa shape index (κ1) is 30.7. The van der Waals surface area contributed by atoms with Crippen molar-refractivity contribution >= 4 is 18.0 Å². The van der Waals surface area contributed by atoms with E-state index in [1.807, 2.05) is 6.92 Å². The van der Waals surface area contributed by atoms with Crippen LogP contribution >= 0.6 is 0 Å². The third-order valence-electron chi connectivity index (χ3n) is 5.35. The number of nitrogens with zero attached hydrogens (tertiary/aromatic N) is 1. The van der Waals surface area contributed by atoms with E-state index < -0.39 is 59.9 Å². The number of rotatable bonds is 9. The fourth-order valence-electron chi connectivity index (χ4n) is 3.95. The highest BCUT2D eigenvalue weighted by Gasteiger charge is 2.52. The van der Waals surface area contributed by atoms with Gasteiger partial charge in [0.05, 0.1) is 6.10 Å². The number of carbonyl (C=O) groups excluding carboxylic acids is 3. The molecule has 1 rings (SSSR count). The zero-order valence-corrected chi connectivity index (χ0v) is 22.4. The topological polar surface area (TPSA) is 124 Å². The van der Waals surface area contributed by atoms with E-state index >= 15 is 0 Å². The third kappa shape index (κ3) is 9.67. The Bertz CT molecular complexity index is 780. The SMILES string of the molecule is C#C[C@H](O)[C@@H]1CC(C(=O)OC(C)(C)C)N(C(=O)OC(C)(C)C)[C@@H]1C[C@H](CC)OC(NC(C)=O)OC. The summed E-state index contributed by atoms with van der Waals surface area (Å²) in [5, 5.41) is 13.2. The van der Waals surface area contributed by atoms with Gasteiger partial charge in [-0.25, -0.2) is 9.59 Å². The van der Waals surface area contributed by atoms with E-state index in [2.05, 4.69) is 11.2 Å². The van der Waals surface area contributed by atoms with Gasteiger partial charge < -0.3 is 29.4 Å². The molecule has 1 fully saturated rings. The third-order valence-corrected chi connectivity index (χ3v) is 5.35. The summed E-state index contributed by atoms with van der Waals surface area (Å²) in [7, 11) is 1.39. The molecule has 10 nitrogen and oxygen atoms in total.